The van der Waals surface area contributed by atoms with Crippen molar-refractivity contribution in [2.24, 2.45) is 0 Å². The van der Waals surface area contributed by atoms with Crippen molar-refractivity contribution < 1.29 is 28.7 Å². The fourth-order valence-corrected chi connectivity index (χ4v) is 2.62. The maximum atomic E-state index is 11.1. The van der Waals surface area contributed by atoms with Crippen LogP contribution >= 0.6 is 23.5 Å². The molecule has 2 atom stereocenters. The Kier molecular flexibility index (Phi) is 9.32. The summed E-state index contributed by atoms with van der Waals surface area (Å²) >= 11 is 1.94. The first-order valence-corrected chi connectivity index (χ1v) is 7.80. The predicted molar refractivity (Wildman–Crippen MR) is 77.4 cm³/mol. The van der Waals surface area contributed by atoms with Gasteiger partial charge in [-0.3, -0.25) is 19.2 Å². The number of thioether (sulfide) groups is 2. The molecule has 0 spiro atoms. The topological polar surface area (TPSA) is 86.7 Å². The molecule has 0 rings (SSSR count). The maximum Gasteiger partial charge on any atom is 0.303 e. The van der Waals surface area contributed by atoms with Gasteiger partial charge < -0.3 is 9.47 Å². The zero-order valence-electron chi connectivity index (χ0n) is 11.8. The van der Waals surface area contributed by atoms with E-state index in [-0.39, 0.29) is 21.7 Å². The van der Waals surface area contributed by atoms with Gasteiger partial charge >= 0.3 is 11.9 Å². The van der Waals surface area contributed by atoms with Crippen LogP contribution in [-0.4, -0.2) is 45.9 Å². The van der Waals surface area contributed by atoms with E-state index in [0.717, 1.165) is 23.5 Å². The van der Waals surface area contributed by atoms with E-state index in [1.165, 1.54) is 27.7 Å². The van der Waals surface area contributed by atoms with E-state index < -0.39 is 24.1 Å². The van der Waals surface area contributed by atoms with Gasteiger partial charge in [0, 0.05) is 39.2 Å². The second-order valence-electron chi connectivity index (χ2n) is 3.90. The molecule has 6 nitrogen and oxygen atoms in total. The molecule has 0 radical (unpaired) electrons. The normalized spacial score (nSPS) is 13.2. The van der Waals surface area contributed by atoms with Crippen LogP contribution in [-0.2, 0) is 28.7 Å². The minimum Gasteiger partial charge on any atom is -0.458 e. The molecule has 0 heterocycles. The Balaban J connectivity index is 4.83. The average molecular weight is 322 g/mol. The van der Waals surface area contributed by atoms with Crippen LogP contribution in [0.4, 0.5) is 0 Å². The molecule has 0 aliphatic carbocycles. The standard InChI is InChI=1S/C12H18O6S2/c1-7(13)17-11(5-19-9(3)15)12(18-8(2)14)6-20-10(4)16/h11-12H,5-6H2,1-4H3. The molecule has 0 aromatic carbocycles. The molecule has 20 heavy (non-hydrogen) atoms. The van der Waals surface area contributed by atoms with Crippen LogP contribution in [0, 0.1) is 0 Å². The summed E-state index contributed by atoms with van der Waals surface area (Å²) in [5.74, 6) is -0.732. The van der Waals surface area contributed by atoms with E-state index in [2.05, 4.69) is 0 Å². The molecule has 2 unspecified atom stereocenters. The molecule has 0 N–H and O–H groups in total. The van der Waals surface area contributed by atoms with Crippen molar-refractivity contribution >= 4 is 45.7 Å². The van der Waals surface area contributed by atoms with Gasteiger partial charge in [0.05, 0.1) is 0 Å². The molecule has 0 aromatic heterocycles. The number of hydrogen-bond donors (Lipinski definition) is 0. The highest BCUT2D eigenvalue weighted by molar-refractivity contribution is 8.13. The van der Waals surface area contributed by atoms with Crippen LogP contribution in [0.25, 0.3) is 0 Å². The first kappa shape index (κ1) is 19.0. The lowest BCUT2D eigenvalue weighted by atomic mass is 10.2. The molecule has 0 aromatic rings. The van der Waals surface area contributed by atoms with Gasteiger partial charge in [-0.25, -0.2) is 0 Å². The summed E-state index contributed by atoms with van der Waals surface area (Å²) in [6, 6.07) is 0. The lowest BCUT2D eigenvalue weighted by molar-refractivity contribution is -0.161. The van der Waals surface area contributed by atoms with Crippen molar-refractivity contribution in [3.05, 3.63) is 0 Å². The van der Waals surface area contributed by atoms with E-state index in [1.54, 1.807) is 0 Å². The molecular weight excluding hydrogens is 304 g/mol. The highest BCUT2D eigenvalue weighted by atomic mass is 32.2. The van der Waals surface area contributed by atoms with Gasteiger partial charge in [0.2, 0.25) is 0 Å². The Labute approximate surface area is 126 Å². The summed E-state index contributed by atoms with van der Waals surface area (Å²) in [5, 5.41) is -0.272. The van der Waals surface area contributed by atoms with Crippen molar-refractivity contribution in [2.75, 3.05) is 11.5 Å². The van der Waals surface area contributed by atoms with Crippen molar-refractivity contribution in [1.29, 1.82) is 0 Å². The second kappa shape index (κ2) is 9.82. The van der Waals surface area contributed by atoms with Gasteiger partial charge in [-0.15, -0.1) is 0 Å². The third kappa shape index (κ3) is 9.85. The summed E-state index contributed by atoms with van der Waals surface area (Å²) in [5.41, 5.74) is 0. The van der Waals surface area contributed by atoms with Gasteiger partial charge in [-0.1, -0.05) is 23.5 Å². The second-order valence-corrected chi connectivity index (χ2v) is 6.29. The number of carbonyl (C=O) groups is 4. The molecule has 114 valence electrons. The number of rotatable bonds is 7. The highest BCUT2D eigenvalue weighted by Crippen LogP contribution is 2.18. The van der Waals surface area contributed by atoms with E-state index in [4.69, 9.17) is 9.47 Å². The highest BCUT2D eigenvalue weighted by Gasteiger charge is 2.28. The molecule has 0 saturated heterocycles. The largest absolute Gasteiger partial charge is 0.458 e. The van der Waals surface area contributed by atoms with Crippen molar-refractivity contribution in [2.45, 2.75) is 39.9 Å². The predicted octanol–water partition coefficient (Wildman–Crippen LogP) is 1.41. The Bertz CT molecular complexity index is 346. The monoisotopic (exact) mass is 322 g/mol. The molecule has 0 saturated carbocycles. The Morgan fingerprint density at radius 2 is 1.05 bits per heavy atom. The fourth-order valence-electron chi connectivity index (χ4n) is 1.26. The number of esters is 2. The first-order chi connectivity index (χ1) is 9.22. The maximum absolute atomic E-state index is 11.1. The average Bonchev–Trinajstić information content (AvgIpc) is 2.28. The first-order valence-electron chi connectivity index (χ1n) is 5.83. The molecular formula is C12H18O6S2. The van der Waals surface area contributed by atoms with E-state index in [9.17, 15) is 19.2 Å². The Morgan fingerprint density at radius 1 is 0.750 bits per heavy atom. The minimum atomic E-state index is -0.767. The van der Waals surface area contributed by atoms with E-state index in [1.807, 2.05) is 0 Å². The lowest BCUT2D eigenvalue weighted by Gasteiger charge is -2.25. The van der Waals surface area contributed by atoms with E-state index in [0.29, 0.717) is 0 Å². The molecule has 0 bridgehead atoms. The quantitative estimate of drug-likeness (QED) is 0.650. The molecule has 0 fully saturated rings. The number of carbonyl (C=O) groups excluding carboxylic acids is 4. The van der Waals surface area contributed by atoms with Crippen molar-refractivity contribution in [3.8, 4) is 0 Å². The van der Waals surface area contributed by atoms with Gasteiger partial charge in [-0.2, -0.15) is 0 Å². The zero-order valence-corrected chi connectivity index (χ0v) is 13.5. The van der Waals surface area contributed by atoms with Crippen LogP contribution in [0.2, 0.25) is 0 Å². The van der Waals surface area contributed by atoms with Crippen LogP contribution in [0.5, 0.6) is 0 Å². The zero-order chi connectivity index (χ0) is 15.7. The third-order valence-corrected chi connectivity index (χ3v) is 3.75. The molecule has 0 aliphatic heterocycles. The summed E-state index contributed by atoms with van der Waals surface area (Å²) in [7, 11) is 0. The van der Waals surface area contributed by atoms with E-state index >= 15 is 0 Å². The minimum absolute atomic E-state index is 0.136. The van der Waals surface area contributed by atoms with Gasteiger partial charge in [0.15, 0.2) is 10.2 Å². The SMILES string of the molecule is CC(=O)OC(CSC(C)=O)C(CSC(C)=O)OC(C)=O. The number of ether oxygens (including phenoxy) is 2. The summed E-state index contributed by atoms with van der Waals surface area (Å²) in [4.78, 5) is 44.2. The van der Waals surface area contributed by atoms with Gasteiger partial charge in [0.1, 0.15) is 12.2 Å². The molecule has 0 aliphatic rings. The van der Waals surface area contributed by atoms with Crippen molar-refractivity contribution in [3.63, 3.8) is 0 Å². The Morgan fingerprint density at radius 3 is 1.25 bits per heavy atom. The van der Waals surface area contributed by atoms with Crippen LogP contribution in [0.15, 0.2) is 0 Å². The van der Waals surface area contributed by atoms with Crippen LogP contribution in [0.1, 0.15) is 27.7 Å². The third-order valence-electron chi connectivity index (χ3n) is 1.95. The van der Waals surface area contributed by atoms with Crippen molar-refractivity contribution in [1.82, 2.24) is 0 Å². The summed E-state index contributed by atoms with van der Waals surface area (Å²) < 4.78 is 10.2. The fraction of sp³-hybridized carbons (Fsp3) is 0.667. The Hall–Kier alpha value is -1.02. The number of hydrogen-bond acceptors (Lipinski definition) is 8. The van der Waals surface area contributed by atoms with Crippen LogP contribution in [0.3, 0.4) is 0 Å². The van der Waals surface area contributed by atoms with Crippen LogP contribution < -0.4 is 0 Å². The summed E-state index contributed by atoms with van der Waals surface area (Å²) in [6.07, 6.45) is -1.53. The van der Waals surface area contributed by atoms with Gasteiger partial charge in [0.25, 0.3) is 0 Å². The molecule has 0 amide bonds. The molecule has 8 heteroatoms. The summed E-state index contributed by atoms with van der Waals surface area (Å²) in [6.45, 7) is 5.24. The van der Waals surface area contributed by atoms with Gasteiger partial charge in [-0.05, 0) is 0 Å². The lowest BCUT2D eigenvalue weighted by Crippen LogP contribution is -2.38. The smallest absolute Gasteiger partial charge is 0.303 e.